The lowest BCUT2D eigenvalue weighted by Crippen LogP contribution is -2.57. The van der Waals surface area contributed by atoms with E-state index in [1.807, 2.05) is 4.90 Å². The van der Waals surface area contributed by atoms with Crippen LogP contribution >= 0.6 is 11.3 Å². The molecular weight excluding hydrogens is 396 g/mol. The van der Waals surface area contributed by atoms with Gasteiger partial charge in [0.25, 0.3) is 10.0 Å². The third-order valence-electron chi connectivity index (χ3n) is 4.42. The van der Waals surface area contributed by atoms with Gasteiger partial charge in [0.05, 0.1) is 10.5 Å². The van der Waals surface area contributed by atoms with Crippen LogP contribution in [0.2, 0.25) is 0 Å². The molecule has 148 valence electrons. The smallest absolute Gasteiger partial charge is 0.252 e. The Hall–Kier alpha value is -1.17. The van der Waals surface area contributed by atoms with Gasteiger partial charge in [-0.15, -0.1) is 11.3 Å². The van der Waals surface area contributed by atoms with Crippen LogP contribution in [-0.2, 0) is 19.9 Å². The number of hydrogen-bond donors (Lipinski definition) is 1. The van der Waals surface area contributed by atoms with Gasteiger partial charge in [0.1, 0.15) is 4.21 Å². The predicted molar refractivity (Wildman–Crippen MR) is 105 cm³/mol. The monoisotopic (exact) mass is 422 g/mol. The molecule has 0 amide bonds. The minimum absolute atomic E-state index is 0.0767. The van der Waals surface area contributed by atoms with Gasteiger partial charge in [-0.3, -0.25) is 4.99 Å². The second kappa shape index (κ2) is 7.83. The molecule has 2 rings (SSSR count). The van der Waals surface area contributed by atoms with Crippen LogP contribution in [0.25, 0.3) is 0 Å². The first-order valence-electron chi connectivity index (χ1n) is 8.19. The van der Waals surface area contributed by atoms with Crippen LogP contribution in [0.4, 0.5) is 0 Å². The van der Waals surface area contributed by atoms with Crippen molar-refractivity contribution in [2.75, 3.05) is 46.0 Å². The fourth-order valence-corrected chi connectivity index (χ4v) is 6.40. The summed E-state index contributed by atoms with van der Waals surface area (Å²) >= 11 is 1.19. The van der Waals surface area contributed by atoms with Crippen LogP contribution < -0.4 is 5.32 Å². The summed E-state index contributed by atoms with van der Waals surface area (Å²) in [4.78, 5) is 6.10. The maximum atomic E-state index is 12.4. The maximum absolute atomic E-state index is 12.4. The Morgan fingerprint density at radius 1 is 1.46 bits per heavy atom. The van der Waals surface area contributed by atoms with E-state index in [0.717, 1.165) is 0 Å². The van der Waals surface area contributed by atoms with Gasteiger partial charge >= 0.3 is 0 Å². The van der Waals surface area contributed by atoms with E-state index in [2.05, 4.69) is 10.3 Å². The van der Waals surface area contributed by atoms with Crippen LogP contribution in [0.15, 0.2) is 26.7 Å². The van der Waals surface area contributed by atoms with Crippen molar-refractivity contribution in [1.29, 1.82) is 0 Å². The Morgan fingerprint density at radius 3 is 2.69 bits per heavy atom. The number of sulfone groups is 1. The highest BCUT2D eigenvalue weighted by Crippen LogP contribution is 2.23. The lowest BCUT2D eigenvalue weighted by molar-refractivity contribution is 0.352. The minimum Gasteiger partial charge on any atom is -0.355 e. The van der Waals surface area contributed by atoms with E-state index in [-0.39, 0.29) is 12.3 Å². The quantitative estimate of drug-likeness (QED) is 0.546. The lowest BCUT2D eigenvalue weighted by atomic mass is 10.2. The molecule has 1 N–H and O–H groups in total. The molecule has 0 atom stereocenters. The third-order valence-corrected chi connectivity index (χ3v) is 10.2. The summed E-state index contributed by atoms with van der Waals surface area (Å²) in [6.07, 6.45) is 0. The third kappa shape index (κ3) is 4.38. The Labute approximate surface area is 159 Å². The highest BCUT2D eigenvalue weighted by Gasteiger charge is 2.40. The van der Waals surface area contributed by atoms with Crippen molar-refractivity contribution in [2.45, 2.75) is 22.8 Å². The summed E-state index contributed by atoms with van der Waals surface area (Å²) in [5.41, 5.74) is 0. The number of aliphatic imine (C=N–C) groups is 1. The Bertz CT molecular complexity index is 845. The molecule has 0 aromatic carbocycles. The summed E-state index contributed by atoms with van der Waals surface area (Å²) < 4.78 is 49.8. The summed E-state index contributed by atoms with van der Waals surface area (Å²) in [5, 5.41) is 4.86. The van der Waals surface area contributed by atoms with Crippen LogP contribution in [0.5, 0.6) is 0 Å². The number of sulfonamides is 1. The number of nitrogens with one attached hydrogen (secondary N) is 1. The zero-order valence-corrected chi connectivity index (χ0v) is 17.9. The molecule has 2 heterocycles. The summed E-state index contributed by atoms with van der Waals surface area (Å²) in [6, 6.07) is 3.29. The molecule has 0 spiro atoms. The normalized spacial score (nSPS) is 20.3. The van der Waals surface area contributed by atoms with Crippen molar-refractivity contribution < 1.29 is 16.8 Å². The van der Waals surface area contributed by atoms with E-state index in [4.69, 9.17) is 0 Å². The second-order valence-electron chi connectivity index (χ2n) is 6.73. The molecule has 1 fully saturated rings. The Balaban J connectivity index is 1.94. The first kappa shape index (κ1) is 21.1. The van der Waals surface area contributed by atoms with E-state index in [1.165, 1.54) is 22.7 Å². The molecular formula is C15H26N4O4S3. The highest BCUT2D eigenvalue weighted by molar-refractivity contribution is 7.92. The van der Waals surface area contributed by atoms with Crippen molar-refractivity contribution >= 4 is 37.2 Å². The molecule has 1 aliphatic heterocycles. The van der Waals surface area contributed by atoms with Gasteiger partial charge in [0.15, 0.2) is 15.8 Å². The van der Waals surface area contributed by atoms with E-state index >= 15 is 0 Å². The van der Waals surface area contributed by atoms with Crippen molar-refractivity contribution in [3.05, 3.63) is 17.5 Å². The van der Waals surface area contributed by atoms with Crippen LogP contribution in [0.3, 0.4) is 0 Å². The van der Waals surface area contributed by atoms with Crippen molar-refractivity contribution in [2.24, 2.45) is 4.99 Å². The average Bonchev–Trinajstić information content (AvgIpc) is 3.09. The molecule has 0 bridgehead atoms. The molecule has 1 aromatic heterocycles. The van der Waals surface area contributed by atoms with E-state index in [1.54, 1.807) is 38.4 Å². The fourth-order valence-electron chi connectivity index (χ4n) is 2.67. The number of rotatable bonds is 5. The van der Waals surface area contributed by atoms with Crippen molar-refractivity contribution in [3.63, 3.8) is 0 Å². The molecule has 0 aliphatic carbocycles. The average molecular weight is 423 g/mol. The Morgan fingerprint density at radius 2 is 2.15 bits per heavy atom. The molecule has 1 aromatic rings. The lowest BCUT2D eigenvalue weighted by Gasteiger charge is -2.39. The van der Waals surface area contributed by atoms with E-state index in [0.29, 0.717) is 29.8 Å². The predicted octanol–water partition coefficient (Wildman–Crippen LogP) is 0.453. The van der Waals surface area contributed by atoms with Gasteiger partial charge in [0.2, 0.25) is 0 Å². The molecule has 0 saturated carbocycles. The number of guanidine groups is 1. The zero-order valence-electron chi connectivity index (χ0n) is 15.5. The molecule has 1 aliphatic rings. The summed E-state index contributed by atoms with van der Waals surface area (Å²) in [6.45, 7) is 4.78. The number of likely N-dealkylation sites (N-methyl/N-ethyl adjacent to an activating group) is 1. The minimum atomic E-state index is -3.48. The van der Waals surface area contributed by atoms with Gasteiger partial charge in [-0.25, -0.2) is 16.8 Å². The largest absolute Gasteiger partial charge is 0.355 e. The first-order chi connectivity index (χ1) is 12.0. The highest BCUT2D eigenvalue weighted by atomic mass is 32.2. The molecule has 0 unspecified atom stereocenters. The van der Waals surface area contributed by atoms with Gasteiger partial charge in [0, 0.05) is 40.3 Å². The Kier molecular flexibility index (Phi) is 6.36. The zero-order chi connectivity index (χ0) is 19.6. The standard InChI is InChI=1S/C15H26N4O4S3/c1-15(2)12-19(9-11-25(15,20)21)14(16-3)17-7-8-18(4)26(22,23)13-6-5-10-24-13/h5-6,10H,7-9,11-12H2,1-4H3,(H,16,17). The molecule has 1 saturated heterocycles. The number of thiophene rings is 1. The van der Waals surface area contributed by atoms with Gasteiger partial charge in [-0.1, -0.05) is 6.07 Å². The SMILES string of the molecule is CN=C(NCCN(C)S(=O)(=O)c1cccs1)N1CCS(=O)(=O)C(C)(C)C1. The van der Waals surface area contributed by atoms with Crippen LogP contribution in [0, 0.1) is 0 Å². The maximum Gasteiger partial charge on any atom is 0.252 e. The molecule has 8 nitrogen and oxygen atoms in total. The first-order valence-corrected chi connectivity index (χ1v) is 12.2. The molecule has 0 radical (unpaired) electrons. The number of hydrogen-bond acceptors (Lipinski definition) is 6. The topological polar surface area (TPSA) is 99.2 Å². The summed E-state index contributed by atoms with van der Waals surface area (Å²) in [7, 11) is -3.44. The second-order valence-corrected chi connectivity index (χ2v) is 12.7. The van der Waals surface area contributed by atoms with Crippen LogP contribution in [0.1, 0.15) is 13.8 Å². The van der Waals surface area contributed by atoms with E-state index in [9.17, 15) is 16.8 Å². The van der Waals surface area contributed by atoms with Crippen molar-refractivity contribution in [1.82, 2.24) is 14.5 Å². The van der Waals surface area contributed by atoms with Gasteiger partial charge in [-0.05, 0) is 25.3 Å². The molecule has 11 heteroatoms. The van der Waals surface area contributed by atoms with Crippen molar-refractivity contribution in [3.8, 4) is 0 Å². The summed E-state index contributed by atoms with van der Waals surface area (Å²) in [5.74, 6) is 0.655. The van der Waals surface area contributed by atoms with Crippen LogP contribution in [-0.4, -0.2) is 82.8 Å². The van der Waals surface area contributed by atoms with E-state index < -0.39 is 24.6 Å². The van der Waals surface area contributed by atoms with Gasteiger partial charge < -0.3 is 10.2 Å². The van der Waals surface area contributed by atoms with Gasteiger partial charge in [-0.2, -0.15) is 4.31 Å². The fraction of sp³-hybridized carbons (Fsp3) is 0.667. The molecule has 26 heavy (non-hydrogen) atoms. The number of nitrogens with zero attached hydrogens (tertiary/aromatic N) is 3.